The van der Waals surface area contributed by atoms with Crippen molar-refractivity contribution >= 4 is 35.0 Å². The lowest BCUT2D eigenvalue weighted by atomic mass is 10.1. The molecule has 2 aliphatic rings. The molecule has 0 aliphatic carbocycles. The summed E-state index contributed by atoms with van der Waals surface area (Å²) in [5.74, 6) is -3.43. The number of morpholine rings is 1. The molecule has 1 N–H and O–H groups in total. The molecule has 2 aromatic carbocycles. The molecule has 2 aliphatic heterocycles. The number of nitrogens with zero attached hydrogens (tertiary/aromatic N) is 5. The summed E-state index contributed by atoms with van der Waals surface area (Å²) in [6.07, 6.45) is 1.27. The Hall–Kier alpha value is -4.07. The van der Waals surface area contributed by atoms with Gasteiger partial charge in [-0.2, -0.15) is 4.39 Å². The second kappa shape index (κ2) is 12.5. The molecule has 3 amide bonds. The molecule has 2 saturated heterocycles. The molecular weight excluding hydrogens is 598 g/mol. The Kier molecular flexibility index (Phi) is 8.91. The Bertz CT molecular complexity index is 1600. The van der Waals surface area contributed by atoms with E-state index in [1.165, 1.54) is 49.2 Å². The van der Waals surface area contributed by atoms with Crippen LogP contribution in [0.25, 0.3) is 11.3 Å². The van der Waals surface area contributed by atoms with E-state index in [-0.39, 0.29) is 51.3 Å². The SMILES string of the molecule is COc1ccc(-c2cnc(C(=O)Nc3ccc(C(=O)N4CCN(C(=O)[C@@H]5COCC[N+]5(C)C)CC4)c(Cl)c3)n2C)c(F)c1F. The van der Waals surface area contributed by atoms with Crippen LogP contribution in [0.15, 0.2) is 36.5 Å². The lowest BCUT2D eigenvalue weighted by molar-refractivity contribution is -0.914. The number of hydrogen-bond acceptors (Lipinski definition) is 6. The largest absolute Gasteiger partial charge is 0.494 e. The predicted molar refractivity (Wildman–Crippen MR) is 159 cm³/mol. The highest BCUT2D eigenvalue weighted by atomic mass is 35.5. The van der Waals surface area contributed by atoms with Gasteiger partial charge in [-0.25, -0.2) is 9.37 Å². The summed E-state index contributed by atoms with van der Waals surface area (Å²) in [4.78, 5) is 47.0. The first-order chi connectivity index (χ1) is 20.9. The molecule has 3 aromatic rings. The van der Waals surface area contributed by atoms with Crippen molar-refractivity contribution in [3.05, 3.63) is 64.6 Å². The van der Waals surface area contributed by atoms with E-state index in [0.717, 1.165) is 6.54 Å². The normalized spacial score (nSPS) is 18.2. The molecule has 1 aromatic heterocycles. The standard InChI is InChI=1S/C30H33ClF2N6O5/c1-36-22(20-7-8-24(43-4)26(33)25(20)32)16-34-27(36)28(40)35-18-5-6-19(21(31)15-18)29(41)37-9-11-38(12-10-37)30(42)23-17-44-14-13-39(23,2)3/h5-8,15-16,23H,9-14,17H2,1-4H3/p+1/t23-/m0/s1. The number of benzene rings is 2. The second-order valence-electron chi connectivity index (χ2n) is 11.3. The van der Waals surface area contributed by atoms with E-state index in [2.05, 4.69) is 10.3 Å². The number of ether oxygens (including phenoxy) is 2. The van der Waals surface area contributed by atoms with Gasteiger partial charge in [-0.3, -0.25) is 14.4 Å². The number of nitrogens with one attached hydrogen (secondary N) is 1. The van der Waals surface area contributed by atoms with Crippen molar-refractivity contribution in [3.63, 3.8) is 0 Å². The van der Waals surface area contributed by atoms with E-state index in [4.69, 9.17) is 21.1 Å². The van der Waals surface area contributed by atoms with Crippen molar-refractivity contribution < 1.29 is 37.1 Å². The zero-order valence-electron chi connectivity index (χ0n) is 24.9. The highest BCUT2D eigenvalue weighted by molar-refractivity contribution is 6.34. The van der Waals surface area contributed by atoms with E-state index in [9.17, 15) is 23.2 Å². The number of likely N-dealkylation sites (N-methyl/N-ethyl adjacent to an activating group) is 1. The number of carbonyl (C=O) groups excluding carboxylic acids is 3. The summed E-state index contributed by atoms with van der Waals surface area (Å²) in [6.45, 7) is 3.31. The topological polar surface area (TPSA) is 106 Å². The number of piperazine rings is 1. The summed E-state index contributed by atoms with van der Waals surface area (Å²) >= 11 is 6.47. The Morgan fingerprint density at radius 2 is 1.77 bits per heavy atom. The number of hydrogen-bond donors (Lipinski definition) is 1. The molecule has 0 saturated carbocycles. The van der Waals surface area contributed by atoms with Crippen molar-refractivity contribution in [1.82, 2.24) is 19.4 Å². The number of methoxy groups -OCH3 is 1. The fourth-order valence-corrected chi connectivity index (χ4v) is 5.71. The highest BCUT2D eigenvalue weighted by Crippen LogP contribution is 2.30. The number of imidazole rings is 1. The summed E-state index contributed by atoms with van der Waals surface area (Å²) in [6, 6.07) is 6.88. The van der Waals surface area contributed by atoms with Gasteiger partial charge in [0.1, 0.15) is 13.2 Å². The van der Waals surface area contributed by atoms with Gasteiger partial charge in [0.05, 0.1) is 50.3 Å². The van der Waals surface area contributed by atoms with Gasteiger partial charge in [0.25, 0.3) is 17.7 Å². The van der Waals surface area contributed by atoms with Crippen LogP contribution in [0.4, 0.5) is 14.5 Å². The number of halogens is 3. The minimum absolute atomic E-state index is 0.0288. The van der Waals surface area contributed by atoms with Gasteiger partial charge in [-0.05, 0) is 30.3 Å². The van der Waals surface area contributed by atoms with Gasteiger partial charge in [0.15, 0.2) is 23.4 Å². The number of carbonyl (C=O) groups is 3. The number of anilines is 1. The summed E-state index contributed by atoms with van der Waals surface area (Å²) in [7, 11) is 6.79. The van der Waals surface area contributed by atoms with Gasteiger partial charge in [-0.1, -0.05) is 11.6 Å². The zero-order valence-corrected chi connectivity index (χ0v) is 25.7. The van der Waals surface area contributed by atoms with E-state index >= 15 is 0 Å². The molecule has 0 unspecified atom stereocenters. The Morgan fingerprint density at radius 1 is 1.07 bits per heavy atom. The maximum Gasteiger partial charge on any atom is 0.291 e. The van der Waals surface area contributed by atoms with Crippen LogP contribution in [0, 0.1) is 11.6 Å². The third kappa shape index (κ3) is 5.99. The lowest BCUT2D eigenvalue weighted by Gasteiger charge is -2.43. The molecule has 234 valence electrons. The maximum absolute atomic E-state index is 14.6. The van der Waals surface area contributed by atoms with E-state index in [0.29, 0.717) is 49.6 Å². The van der Waals surface area contributed by atoms with Gasteiger partial charge >= 0.3 is 0 Å². The number of aromatic nitrogens is 2. The van der Waals surface area contributed by atoms with Crippen molar-refractivity contribution in [3.8, 4) is 17.0 Å². The average Bonchev–Trinajstić information content (AvgIpc) is 3.38. The Balaban J connectivity index is 1.22. The van der Waals surface area contributed by atoms with Crippen LogP contribution in [-0.2, 0) is 16.6 Å². The fourth-order valence-electron chi connectivity index (χ4n) is 5.44. The van der Waals surface area contributed by atoms with Crippen LogP contribution in [0.1, 0.15) is 21.0 Å². The average molecular weight is 632 g/mol. The van der Waals surface area contributed by atoms with E-state index in [1.54, 1.807) is 15.9 Å². The number of amides is 3. The molecule has 0 bridgehead atoms. The number of quaternary nitrogens is 1. The van der Waals surface area contributed by atoms with Gasteiger partial charge in [0.2, 0.25) is 5.82 Å². The van der Waals surface area contributed by atoms with Gasteiger partial charge < -0.3 is 33.6 Å². The third-order valence-corrected chi connectivity index (χ3v) is 8.60. The van der Waals surface area contributed by atoms with Crippen LogP contribution in [0.3, 0.4) is 0 Å². The smallest absolute Gasteiger partial charge is 0.291 e. The Morgan fingerprint density at radius 3 is 2.43 bits per heavy atom. The van der Waals surface area contributed by atoms with Crippen LogP contribution in [0.2, 0.25) is 5.02 Å². The van der Waals surface area contributed by atoms with Crippen LogP contribution < -0.4 is 10.1 Å². The molecule has 44 heavy (non-hydrogen) atoms. The van der Waals surface area contributed by atoms with Crippen molar-refractivity contribution in [1.29, 1.82) is 0 Å². The van der Waals surface area contributed by atoms with Crippen molar-refractivity contribution in [2.24, 2.45) is 7.05 Å². The second-order valence-corrected chi connectivity index (χ2v) is 11.7. The molecule has 11 nitrogen and oxygen atoms in total. The molecule has 0 spiro atoms. The first-order valence-electron chi connectivity index (χ1n) is 14.1. The van der Waals surface area contributed by atoms with Crippen LogP contribution in [-0.4, -0.2) is 115 Å². The van der Waals surface area contributed by atoms with Gasteiger partial charge in [-0.15, -0.1) is 0 Å². The minimum atomic E-state index is -1.14. The highest BCUT2D eigenvalue weighted by Gasteiger charge is 2.41. The predicted octanol–water partition coefficient (Wildman–Crippen LogP) is 3.04. The number of rotatable bonds is 6. The maximum atomic E-state index is 14.6. The minimum Gasteiger partial charge on any atom is -0.494 e. The zero-order chi connectivity index (χ0) is 31.8. The summed E-state index contributed by atoms with van der Waals surface area (Å²) in [5.41, 5.74) is 0.678. The first kappa shape index (κ1) is 31.4. The first-order valence-corrected chi connectivity index (χ1v) is 14.4. The van der Waals surface area contributed by atoms with Crippen molar-refractivity contribution in [2.75, 3.05) is 72.5 Å². The van der Waals surface area contributed by atoms with Crippen LogP contribution >= 0.6 is 11.6 Å². The molecule has 2 fully saturated rings. The monoisotopic (exact) mass is 631 g/mol. The van der Waals surface area contributed by atoms with Gasteiger partial charge in [0, 0.05) is 44.5 Å². The molecule has 1 atom stereocenters. The fraction of sp³-hybridized carbons (Fsp3) is 0.400. The lowest BCUT2D eigenvalue weighted by Crippen LogP contribution is -2.64. The molecule has 0 radical (unpaired) electrons. The molecule has 5 rings (SSSR count). The van der Waals surface area contributed by atoms with Crippen molar-refractivity contribution in [2.45, 2.75) is 6.04 Å². The molecular formula is C30H34ClF2N6O5+. The van der Waals surface area contributed by atoms with E-state index in [1.807, 2.05) is 14.1 Å². The molecule has 14 heteroatoms. The Labute approximate surface area is 258 Å². The quantitative estimate of drug-likeness (QED) is 0.420. The summed E-state index contributed by atoms with van der Waals surface area (Å²) < 4.78 is 41.2. The summed E-state index contributed by atoms with van der Waals surface area (Å²) in [5, 5.41) is 2.82. The van der Waals surface area contributed by atoms with E-state index < -0.39 is 17.5 Å². The molecule has 3 heterocycles. The third-order valence-electron chi connectivity index (χ3n) is 8.29. The van der Waals surface area contributed by atoms with Crippen LogP contribution in [0.5, 0.6) is 5.75 Å².